The molecule has 0 aliphatic heterocycles. The molecule has 0 saturated heterocycles. The number of hydrogen-bond donors (Lipinski definition) is 0. The third-order valence-electron chi connectivity index (χ3n) is 2.98. The maximum absolute atomic E-state index is 10.5. The Hall–Kier alpha value is -1.31. The topological polar surface area (TPSA) is 26.3 Å². The molecule has 0 aromatic heterocycles. The standard InChI is InChI=1S/C18H30O2/c1-3-4-5-6-7-8-9-10-11-12-13-14-15-16-17-20-18(2)19/h3-8H,9-17H2,1-2H3/b4-3?,6-5?,8-7-. The number of allylic oxidation sites excluding steroid dienone is 6. The van der Waals surface area contributed by atoms with Gasteiger partial charge >= 0.3 is 5.97 Å². The lowest BCUT2D eigenvalue weighted by Gasteiger charge is -2.02. The Morgan fingerprint density at radius 3 is 2.10 bits per heavy atom. The van der Waals surface area contributed by atoms with E-state index in [2.05, 4.69) is 18.2 Å². The van der Waals surface area contributed by atoms with E-state index in [-0.39, 0.29) is 5.97 Å². The normalized spacial score (nSPS) is 11.9. The molecule has 0 saturated carbocycles. The fourth-order valence-electron chi connectivity index (χ4n) is 1.88. The van der Waals surface area contributed by atoms with Crippen LogP contribution in [0.15, 0.2) is 36.5 Å². The van der Waals surface area contributed by atoms with Crippen LogP contribution in [0.5, 0.6) is 0 Å². The SMILES string of the molecule is CC=CC=C/C=C\CCCCCCCCCOC(C)=O. The molecule has 0 fully saturated rings. The zero-order valence-corrected chi connectivity index (χ0v) is 13.1. The Balaban J connectivity index is 3.15. The molecule has 114 valence electrons. The van der Waals surface area contributed by atoms with Crippen LogP contribution >= 0.6 is 0 Å². The van der Waals surface area contributed by atoms with Crippen LogP contribution in [0.4, 0.5) is 0 Å². The van der Waals surface area contributed by atoms with Crippen LogP contribution in [0.25, 0.3) is 0 Å². The summed E-state index contributed by atoms with van der Waals surface area (Å²) in [6.07, 6.45) is 22.3. The van der Waals surface area contributed by atoms with Crippen LogP contribution in [-0.4, -0.2) is 12.6 Å². The van der Waals surface area contributed by atoms with Gasteiger partial charge in [-0.15, -0.1) is 0 Å². The Kier molecular flexibility index (Phi) is 14.7. The van der Waals surface area contributed by atoms with Gasteiger partial charge in [0.15, 0.2) is 0 Å². The van der Waals surface area contributed by atoms with Crippen LogP contribution in [-0.2, 0) is 9.53 Å². The van der Waals surface area contributed by atoms with Crippen molar-refractivity contribution < 1.29 is 9.53 Å². The highest BCUT2D eigenvalue weighted by Crippen LogP contribution is 2.09. The molecule has 0 N–H and O–H groups in total. The molecule has 0 aliphatic carbocycles. The lowest BCUT2D eigenvalue weighted by Crippen LogP contribution is -1.99. The minimum absolute atomic E-state index is 0.168. The van der Waals surface area contributed by atoms with E-state index in [9.17, 15) is 4.79 Å². The van der Waals surface area contributed by atoms with Gasteiger partial charge in [-0.05, 0) is 26.2 Å². The molecule has 0 aromatic rings. The Morgan fingerprint density at radius 1 is 0.850 bits per heavy atom. The quantitative estimate of drug-likeness (QED) is 0.273. The fraction of sp³-hybridized carbons (Fsp3) is 0.611. The van der Waals surface area contributed by atoms with E-state index in [0.717, 1.165) is 6.42 Å². The molecule has 0 radical (unpaired) electrons. The van der Waals surface area contributed by atoms with Crippen molar-refractivity contribution in [2.75, 3.05) is 6.61 Å². The van der Waals surface area contributed by atoms with Gasteiger partial charge in [-0.25, -0.2) is 0 Å². The van der Waals surface area contributed by atoms with Crippen LogP contribution in [0, 0.1) is 0 Å². The van der Waals surface area contributed by atoms with E-state index < -0.39 is 0 Å². The van der Waals surface area contributed by atoms with Gasteiger partial charge in [0.05, 0.1) is 6.61 Å². The number of hydrogen-bond acceptors (Lipinski definition) is 2. The summed E-state index contributed by atoms with van der Waals surface area (Å²) >= 11 is 0. The van der Waals surface area contributed by atoms with Crippen molar-refractivity contribution in [3.63, 3.8) is 0 Å². The van der Waals surface area contributed by atoms with E-state index >= 15 is 0 Å². The molecule has 2 nitrogen and oxygen atoms in total. The summed E-state index contributed by atoms with van der Waals surface area (Å²) in [4.78, 5) is 10.5. The minimum Gasteiger partial charge on any atom is -0.466 e. The third-order valence-corrected chi connectivity index (χ3v) is 2.98. The lowest BCUT2D eigenvalue weighted by atomic mass is 10.1. The van der Waals surface area contributed by atoms with Crippen molar-refractivity contribution in [1.29, 1.82) is 0 Å². The van der Waals surface area contributed by atoms with Crippen molar-refractivity contribution in [2.24, 2.45) is 0 Å². The summed E-state index contributed by atoms with van der Waals surface area (Å²) in [6, 6.07) is 0. The molecular weight excluding hydrogens is 248 g/mol. The number of carbonyl (C=O) groups excluding carboxylic acids is 1. The molecule has 0 atom stereocenters. The lowest BCUT2D eigenvalue weighted by molar-refractivity contribution is -0.141. The first-order chi connectivity index (χ1) is 9.77. The second kappa shape index (κ2) is 15.7. The molecule has 0 spiro atoms. The predicted octanol–water partition coefficient (Wildman–Crippen LogP) is 5.36. The molecule has 0 aromatic carbocycles. The molecule has 0 amide bonds. The smallest absolute Gasteiger partial charge is 0.302 e. The average molecular weight is 278 g/mol. The van der Waals surface area contributed by atoms with Gasteiger partial charge in [-0.2, -0.15) is 0 Å². The summed E-state index contributed by atoms with van der Waals surface area (Å²) in [5.41, 5.74) is 0. The van der Waals surface area contributed by atoms with Crippen LogP contribution in [0.2, 0.25) is 0 Å². The molecule has 0 heterocycles. The Morgan fingerprint density at radius 2 is 1.45 bits per heavy atom. The van der Waals surface area contributed by atoms with Gasteiger partial charge in [-0.1, -0.05) is 68.6 Å². The van der Waals surface area contributed by atoms with Crippen molar-refractivity contribution in [1.82, 2.24) is 0 Å². The van der Waals surface area contributed by atoms with E-state index in [1.807, 2.05) is 25.2 Å². The fourth-order valence-corrected chi connectivity index (χ4v) is 1.88. The van der Waals surface area contributed by atoms with Crippen LogP contribution < -0.4 is 0 Å². The van der Waals surface area contributed by atoms with Crippen molar-refractivity contribution in [3.05, 3.63) is 36.5 Å². The highest BCUT2D eigenvalue weighted by molar-refractivity contribution is 5.65. The molecule has 0 unspecified atom stereocenters. The molecule has 2 heteroatoms. The van der Waals surface area contributed by atoms with E-state index in [4.69, 9.17) is 4.74 Å². The summed E-state index contributed by atoms with van der Waals surface area (Å²) in [6.45, 7) is 4.07. The monoisotopic (exact) mass is 278 g/mol. The number of rotatable bonds is 12. The number of unbranched alkanes of at least 4 members (excludes halogenated alkanes) is 7. The summed E-state index contributed by atoms with van der Waals surface area (Å²) in [7, 11) is 0. The third kappa shape index (κ3) is 16.7. The van der Waals surface area contributed by atoms with Crippen LogP contribution in [0.1, 0.15) is 65.2 Å². The van der Waals surface area contributed by atoms with Gasteiger partial charge in [0.1, 0.15) is 0 Å². The van der Waals surface area contributed by atoms with Gasteiger partial charge < -0.3 is 4.74 Å². The predicted molar refractivity (Wildman–Crippen MR) is 86.7 cm³/mol. The molecule has 0 rings (SSSR count). The van der Waals surface area contributed by atoms with Gasteiger partial charge in [0, 0.05) is 6.92 Å². The second-order valence-corrected chi connectivity index (χ2v) is 4.94. The maximum Gasteiger partial charge on any atom is 0.302 e. The number of esters is 1. The molecule has 0 bridgehead atoms. The van der Waals surface area contributed by atoms with Gasteiger partial charge in [-0.3, -0.25) is 4.79 Å². The first-order valence-electron chi connectivity index (χ1n) is 7.85. The molecule has 0 aliphatic rings. The first-order valence-corrected chi connectivity index (χ1v) is 7.85. The summed E-state index contributed by atoms with van der Waals surface area (Å²) in [5, 5.41) is 0. The highest BCUT2D eigenvalue weighted by atomic mass is 16.5. The second-order valence-electron chi connectivity index (χ2n) is 4.94. The highest BCUT2D eigenvalue weighted by Gasteiger charge is 1.94. The summed E-state index contributed by atoms with van der Waals surface area (Å²) in [5.74, 6) is -0.168. The molecular formula is C18H30O2. The number of ether oxygens (including phenoxy) is 1. The maximum atomic E-state index is 10.5. The zero-order chi connectivity index (χ0) is 14.9. The van der Waals surface area contributed by atoms with E-state index in [1.165, 1.54) is 51.9 Å². The van der Waals surface area contributed by atoms with Crippen molar-refractivity contribution in [2.45, 2.75) is 65.2 Å². The van der Waals surface area contributed by atoms with Gasteiger partial charge in [0.25, 0.3) is 0 Å². The molecule has 20 heavy (non-hydrogen) atoms. The van der Waals surface area contributed by atoms with E-state index in [0.29, 0.717) is 6.61 Å². The largest absolute Gasteiger partial charge is 0.466 e. The average Bonchev–Trinajstić information content (AvgIpc) is 2.43. The van der Waals surface area contributed by atoms with E-state index in [1.54, 1.807) is 0 Å². The Bertz CT molecular complexity index is 301. The minimum atomic E-state index is -0.168. The number of carbonyl (C=O) groups is 1. The van der Waals surface area contributed by atoms with Crippen molar-refractivity contribution in [3.8, 4) is 0 Å². The summed E-state index contributed by atoms with van der Waals surface area (Å²) < 4.78 is 4.89. The van der Waals surface area contributed by atoms with Crippen LogP contribution in [0.3, 0.4) is 0 Å². The van der Waals surface area contributed by atoms with Crippen molar-refractivity contribution >= 4 is 5.97 Å². The first kappa shape index (κ1) is 18.7. The van der Waals surface area contributed by atoms with Gasteiger partial charge in [0.2, 0.25) is 0 Å². The zero-order valence-electron chi connectivity index (χ0n) is 13.1. The Labute approximate surface area is 124 Å².